The van der Waals surface area contributed by atoms with Crippen molar-refractivity contribution in [1.82, 2.24) is 0 Å². The molecule has 4 atom stereocenters. The molecule has 2 bridgehead atoms. The summed E-state index contributed by atoms with van der Waals surface area (Å²) >= 11 is 0. The Labute approximate surface area is 82.9 Å². The first kappa shape index (κ1) is 9.61. The molecule has 1 aliphatic rings. The van der Waals surface area contributed by atoms with Crippen LogP contribution in [-0.4, -0.2) is 14.1 Å². The van der Waals surface area contributed by atoms with E-state index in [2.05, 4.69) is 0 Å². The van der Waals surface area contributed by atoms with Gasteiger partial charge in [-0.15, -0.1) is 0 Å². The van der Waals surface area contributed by atoms with Crippen LogP contribution in [0.4, 0.5) is 0 Å². The van der Waals surface area contributed by atoms with Crippen molar-refractivity contribution in [3.63, 3.8) is 0 Å². The first-order valence-corrected chi connectivity index (χ1v) is 4.72. The third-order valence-electron chi connectivity index (χ3n) is 2.84. The maximum absolute atomic E-state index is 11.4. The largest absolute Gasteiger partial charge is 0.634 e. The van der Waals surface area contributed by atoms with Crippen LogP contribution in [-0.2, 0) is 0 Å². The molecule has 76 valence electrons. The van der Waals surface area contributed by atoms with E-state index in [1.54, 1.807) is 14.1 Å². The van der Waals surface area contributed by atoms with Crippen molar-refractivity contribution < 1.29 is 10.1 Å². The second-order valence-electron chi connectivity index (χ2n) is 3.85. The fraction of sp³-hybridized carbons (Fsp3) is 0.400. The van der Waals surface area contributed by atoms with Crippen LogP contribution >= 0.6 is 0 Å². The maximum Gasteiger partial charge on any atom is 0.170 e. The Morgan fingerprint density at radius 2 is 1.43 bits per heavy atom. The van der Waals surface area contributed by atoms with E-state index in [0.717, 1.165) is 11.1 Å². The van der Waals surface area contributed by atoms with Gasteiger partial charge in [-0.2, -0.15) is 0 Å². The maximum atomic E-state index is 11.4. The third-order valence-corrected chi connectivity index (χ3v) is 2.84. The molecule has 0 saturated carbocycles. The summed E-state index contributed by atoms with van der Waals surface area (Å²) in [6.45, 7) is 0. The van der Waals surface area contributed by atoms with Gasteiger partial charge in [0.1, 0.15) is 0 Å². The van der Waals surface area contributed by atoms with Crippen molar-refractivity contribution in [3.05, 3.63) is 45.8 Å². The lowest BCUT2D eigenvalue weighted by atomic mass is 10.1. The summed E-state index contributed by atoms with van der Waals surface area (Å²) in [6.07, 6.45) is 0. The van der Waals surface area contributed by atoms with E-state index in [1.165, 1.54) is 0 Å². The van der Waals surface area contributed by atoms with Crippen LogP contribution in [0.3, 0.4) is 0 Å². The van der Waals surface area contributed by atoms with Gasteiger partial charge in [-0.25, -0.2) is 0 Å². The Kier molecular flexibility index (Phi) is 2.28. The molecule has 1 aliphatic carbocycles. The molecule has 1 aromatic carbocycles. The Hall–Kier alpha value is -0.940. The summed E-state index contributed by atoms with van der Waals surface area (Å²) in [4.78, 5) is 0. The Morgan fingerprint density at radius 1 is 1.00 bits per heavy atom. The molecule has 14 heavy (non-hydrogen) atoms. The first-order valence-electron chi connectivity index (χ1n) is 4.72. The van der Waals surface area contributed by atoms with Crippen LogP contribution in [0.15, 0.2) is 24.3 Å². The number of hydrogen-bond donors (Lipinski definition) is 2. The van der Waals surface area contributed by atoms with Gasteiger partial charge in [0, 0.05) is 11.1 Å². The molecule has 1 aromatic rings. The molecule has 2 N–H and O–H groups in total. The molecule has 0 amide bonds. The summed E-state index contributed by atoms with van der Waals surface area (Å²) < 4.78 is 0. The average molecular weight is 194 g/mol. The highest BCUT2D eigenvalue weighted by Gasteiger charge is 2.38. The standard InChI is InChI=1S/C10H14N2O2/c1-11(13)9-7-4-3-5-8(6-7)10(9)12(2)14/h3-6,9-12H,1-2H3. The van der Waals surface area contributed by atoms with Crippen LogP contribution < -0.4 is 10.1 Å². The lowest BCUT2D eigenvalue weighted by Crippen LogP contribution is -3.13. The topological polar surface area (TPSA) is 55.0 Å². The molecular formula is C10H14N2O2. The molecule has 0 fully saturated rings. The SMILES string of the molecule is C[NH+]([O-])C1c2cccc(c2)C1[NH+](C)[O-]. The lowest BCUT2D eigenvalue weighted by molar-refractivity contribution is -0.939. The van der Waals surface area contributed by atoms with Crippen LogP contribution in [0.25, 0.3) is 0 Å². The molecular weight excluding hydrogens is 180 g/mol. The van der Waals surface area contributed by atoms with E-state index in [-0.39, 0.29) is 22.2 Å². The summed E-state index contributed by atoms with van der Waals surface area (Å²) in [5, 5.41) is 23.0. The van der Waals surface area contributed by atoms with Crippen molar-refractivity contribution in [1.29, 1.82) is 0 Å². The number of hydrogen-bond acceptors (Lipinski definition) is 2. The van der Waals surface area contributed by atoms with Crippen molar-refractivity contribution in [3.8, 4) is 0 Å². The van der Waals surface area contributed by atoms with E-state index < -0.39 is 0 Å². The molecule has 4 nitrogen and oxygen atoms in total. The minimum absolute atomic E-state index is 0.0754. The summed E-state index contributed by atoms with van der Waals surface area (Å²) in [5.74, 6) is 0. The first-order chi connectivity index (χ1) is 6.61. The highest BCUT2D eigenvalue weighted by atomic mass is 16.5. The highest BCUT2D eigenvalue weighted by molar-refractivity contribution is 5.34. The number of quaternary nitrogens is 2. The van der Waals surface area contributed by atoms with Crippen molar-refractivity contribution in [2.75, 3.05) is 14.1 Å². The normalized spacial score (nSPS) is 28.9. The van der Waals surface area contributed by atoms with E-state index in [1.807, 2.05) is 24.3 Å². The summed E-state index contributed by atoms with van der Waals surface area (Å²) in [6, 6.07) is 7.22. The minimum Gasteiger partial charge on any atom is -0.634 e. The second-order valence-corrected chi connectivity index (χ2v) is 3.85. The number of hydroxylamine groups is 4. The predicted octanol–water partition coefficient (Wildman–Crippen LogP) is -1.19. The van der Waals surface area contributed by atoms with Crippen molar-refractivity contribution >= 4 is 0 Å². The van der Waals surface area contributed by atoms with Crippen LogP contribution in [0.5, 0.6) is 0 Å². The van der Waals surface area contributed by atoms with E-state index in [9.17, 15) is 10.4 Å². The zero-order chi connectivity index (χ0) is 10.3. The van der Waals surface area contributed by atoms with Crippen LogP contribution in [0, 0.1) is 10.4 Å². The summed E-state index contributed by atoms with van der Waals surface area (Å²) in [7, 11) is 3.10. The molecule has 0 heterocycles. The third kappa shape index (κ3) is 1.33. The van der Waals surface area contributed by atoms with E-state index >= 15 is 0 Å². The molecule has 2 rings (SSSR count). The fourth-order valence-corrected chi connectivity index (χ4v) is 2.27. The zero-order valence-electron chi connectivity index (χ0n) is 8.28. The molecule has 4 heteroatoms. The van der Waals surface area contributed by atoms with Gasteiger partial charge in [-0.05, 0) is 6.07 Å². The number of likely N-dealkylation sites (N-methyl/N-ethyl adjacent to an activating group) is 2. The number of rotatable bonds is 2. The Morgan fingerprint density at radius 3 is 1.79 bits per heavy atom. The molecule has 0 spiro atoms. The van der Waals surface area contributed by atoms with Gasteiger partial charge < -0.3 is 20.5 Å². The predicted molar refractivity (Wildman–Crippen MR) is 52.4 cm³/mol. The Bertz CT molecular complexity index is 309. The Balaban J connectivity index is 2.40. The van der Waals surface area contributed by atoms with Gasteiger partial charge in [0.15, 0.2) is 12.1 Å². The fourth-order valence-electron chi connectivity index (χ4n) is 2.27. The van der Waals surface area contributed by atoms with E-state index in [4.69, 9.17) is 0 Å². The molecule has 0 aliphatic heterocycles. The van der Waals surface area contributed by atoms with Crippen LogP contribution in [0.2, 0.25) is 0 Å². The number of fused-ring (bicyclic) bond motifs is 2. The minimum atomic E-state index is -0.238. The van der Waals surface area contributed by atoms with Gasteiger partial charge >= 0.3 is 0 Å². The van der Waals surface area contributed by atoms with E-state index in [0.29, 0.717) is 0 Å². The molecule has 0 aromatic heterocycles. The average Bonchev–Trinajstić information content (AvgIpc) is 2.37. The van der Waals surface area contributed by atoms with Gasteiger partial charge in [-0.3, -0.25) is 0 Å². The number of benzene rings is 1. The van der Waals surface area contributed by atoms with Gasteiger partial charge in [0.25, 0.3) is 0 Å². The lowest BCUT2D eigenvalue weighted by Gasteiger charge is -2.34. The number of nitrogens with one attached hydrogen (secondary N) is 2. The van der Waals surface area contributed by atoms with Gasteiger partial charge in [-0.1, -0.05) is 18.2 Å². The zero-order valence-corrected chi connectivity index (χ0v) is 8.28. The van der Waals surface area contributed by atoms with Crippen molar-refractivity contribution in [2.24, 2.45) is 0 Å². The smallest absolute Gasteiger partial charge is 0.170 e. The quantitative estimate of drug-likeness (QED) is 0.581. The summed E-state index contributed by atoms with van der Waals surface area (Å²) in [5.41, 5.74) is 1.96. The molecule has 0 saturated heterocycles. The molecule has 4 unspecified atom stereocenters. The van der Waals surface area contributed by atoms with Crippen molar-refractivity contribution in [2.45, 2.75) is 12.1 Å². The monoisotopic (exact) mass is 194 g/mol. The highest BCUT2D eigenvalue weighted by Crippen LogP contribution is 2.31. The van der Waals surface area contributed by atoms with Gasteiger partial charge in [0.2, 0.25) is 0 Å². The second kappa shape index (κ2) is 3.33. The van der Waals surface area contributed by atoms with Crippen LogP contribution in [0.1, 0.15) is 23.2 Å². The van der Waals surface area contributed by atoms with Gasteiger partial charge in [0.05, 0.1) is 14.1 Å². The molecule has 0 radical (unpaired) electrons.